The van der Waals surface area contributed by atoms with Gasteiger partial charge in [-0.2, -0.15) is 5.26 Å². The minimum atomic E-state index is -0.742. The van der Waals surface area contributed by atoms with Crippen molar-refractivity contribution in [2.45, 2.75) is 31.9 Å². The zero-order chi connectivity index (χ0) is 24.9. The lowest BCUT2D eigenvalue weighted by Gasteiger charge is -2.38. The summed E-state index contributed by atoms with van der Waals surface area (Å²) in [6.07, 6.45) is 5.02. The summed E-state index contributed by atoms with van der Waals surface area (Å²) in [4.78, 5) is 39.8. The van der Waals surface area contributed by atoms with Crippen LogP contribution < -0.4 is 4.74 Å². The summed E-state index contributed by atoms with van der Waals surface area (Å²) in [7, 11) is 1.20. The van der Waals surface area contributed by atoms with E-state index in [1.54, 1.807) is 17.0 Å². The zero-order valence-corrected chi connectivity index (χ0v) is 19.1. The third-order valence-corrected chi connectivity index (χ3v) is 5.84. The normalized spacial score (nSPS) is 17.4. The number of methoxy groups -OCH3 is 1. The molecule has 1 amide bonds. The Kier molecular flexibility index (Phi) is 6.96. The highest BCUT2D eigenvalue weighted by Gasteiger charge is 2.34. The molecule has 1 fully saturated rings. The van der Waals surface area contributed by atoms with Crippen LogP contribution >= 0.6 is 0 Å². The average molecular weight is 475 g/mol. The van der Waals surface area contributed by atoms with Crippen LogP contribution in [0.5, 0.6) is 5.88 Å². The lowest BCUT2D eigenvalue weighted by atomic mass is 9.98. The van der Waals surface area contributed by atoms with E-state index in [0.717, 1.165) is 0 Å². The summed E-state index contributed by atoms with van der Waals surface area (Å²) in [5.74, 6) is -1.65. The largest absolute Gasteiger partial charge is 0.472 e. The van der Waals surface area contributed by atoms with Crippen molar-refractivity contribution >= 4 is 11.9 Å². The van der Waals surface area contributed by atoms with Gasteiger partial charge in [-0.15, -0.1) is 0 Å². The topological polar surface area (TPSA) is 118 Å². The van der Waals surface area contributed by atoms with E-state index in [1.165, 1.54) is 43.9 Å². The minimum absolute atomic E-state index is 0.0321. The van der Waals surface area contributed by atoms with Crippen LogP contribution in [0.4, 0.5) is 4.39 Å². The van der Waals surface area contributed by atoms with Crippen LogP contribution in [0.25, 0.3) is 11.4 Å². The number of hydrogen-bond donors (Lipinski definition) is 0. The Balaban J connectivity index is 1.63. The maximum atomic E-state index is 14.8. The summed E-state index contributed by atoms with van der Waals surface area (Å²) >= 11 is 0. The molecule has 35 heavy (non-hydrogen) atoms. The van der Waals surface area contributed by atoms with E-state index in [4.69, 9.17) is 9.47 Å². The molecule has 2 unspecified atom stereocenters. The van der Waals surface area contributed by atoms with Crippen molar-refractivity contribution in [1.82, 2.24) is 19.9 Å². The highest BCUT2D eigenvalue weighted by molar-refractivity contribution is 6.00. The number of halogens is 1. The first-order valence-corrected chi connectivity index (χ1v) is 11.0. The smallest absolute Gasteiger partial charge is 0.344 e. The number of rotatable bonds is 5. The van der Waals surface area contributed by atoms with E-state index < -0.39 is 17.9 Å². The van der Waals surface area contributed by atoms with Gasteiger partial charge < -0.3 is 14.4 Å². The predicted molar refractivity (Wildman–Crippen MR) is 122 cm³/mol. The molecule has 1 aliphatic rings. The van der Waals surface area contributed by atoms with Gasteiger partial charge >= 0.3 is 5.97 Å². The Morgan fingerprint density at radius 3 is 2.60 bits per heavy atom. The number of nitriles is 1. The first-order chi connectivity index (χ1) is 16.9. The van der Waals surface area contributed by atoms with E-state index in [-0.39, 0.29) is 52.5 Å². The number of nitrogens with zero attached hydrogens (tertiary/aromatic N) is 5. The van der Waals surface area contributed by atoms with Crippen molar-refractivity contribution in [3.63, 3.8) is 0 Å². The van der Waals surface area contributed by atoms with Crippen molar-refractivity contribution in [2.75, 3.05) is 13.7 Å². The van der Waals surface area contributed by atoms with E-state index >= 15 is 0 Å². The lowest BCUT2D eigenvalue weighted by molar-refractivity contribution is 0.0359. The van der Waals surface area contributed by atoms with Crippen LogP contribution in [-0.2, 0) is 4.74 Å². The maximum absolute atomic E-state index is 14.8. The fourth-order valence-electron chi connectivity index (χ4n) is 4.05. The van der Waals surface area contributed by atoms with Crippen molar-refractivity contribution in [1.29, 1.82) is 5.26 Å². The van der Waals surface area contributed by atoms with E-state index in [9.17, 15) is 19.2 Å². The maximum Gasteiger partial charge on any atom is 0.344 e. The van der Waals surface area contributed by atoms with Crippen LogP contribution in [0.2, 0.25) is 0 Å². The predicted octanol–water partition coefficient (Wildman–Crippen LogP) is 3.41. The van der Waals surface area contributed by atoms with E-state index in [2.05, 4.69) is 15.0 Å². The molecule has 1 aliphatic heterocycles. The van der Waals surface area contributed by atoms with Crippen molar-refractivity contribution in [3.05, 3.63) is 71.4 Å². The number of aromatic nitrogens is 3. The Morgan fingerprint density at radius 1 is 1.11 bits per heavy atom. The molecule has 178 valence electrons. The van der Waals surface area contributed by atoms with Gasteiger partial charge in [-0.05, 0) is 44.0 Å². The third kappa shape index (κ3) is 4.80. The summed E-state index contributed by atoms with van der Waals surface area (Å²) in [5, 5.41) is 9.38. The molecule has 3 heterocycles. The number of esters is 1. The molecule has 4 rings (SSSR count). The van der Waals surface area contributed by atoms with Crippen molar-refractivity contribution in [3.8, 4) is 23.3 Å². The fraction of sp³-hybridized carbons (Fsp3) is 0.280. The molecule has 2 aromatic heterocycles. The molecule has 0 bridgehead atoms. The van der Waals surface area contributed by atoms with Gasteiger partial charge in [-0.1, -0.05) is 6.07 Å². The van der Waals surface area contributed by atoms with Crippen LogP contribution in [0.15, 0.2) is 48.9 Å². The second kappa shape index (κ2) is 10.3. The van der Waals surface area contributed by atoms with Gasteiger partial charge in [0.2, 0.25) is 5.88 Å². The molecule has 0 spiro atoms. The highest BCUT2D eigenvalue weighted by atomic mass is 19.1. The minimum Gasteiger partial charge on any atom is -0.472 e. The van der Waals surface area contributed by atoms with Crippen LogP contribution in [0, 0.1) is 17.1 Å². The zero-order valence-electron chi connectivity index (χ0n) is 19.1. The number of pyridine rings is 1. The monoisotopic (exact) mass is 475 g/mol. The molecular weight excluding hydrogens is 453 g/mol. The summed E-state index contributed by atoms with van der Waals surface area (Å²) in [6, 6.07) is 9.07. The number of carbonyl (C=O) groups is 2. The molecule has 0 N–H and O–H groups in total. The number of piperidine rings is 1. The van der Waals surface area contributed by atoms with Crippen LogP contribution in [0.3, 0.4) is 0 Å². The lowest BCUT2D eigenvalue weighted by Crippen LogP contribution is -2.49. The number of ether oxygens (including phenoxy) is 2. The first kappa shape index (κ1) is 23.8. The Labute approximate surface area is 201 Å². The molecular formula is C25H22FN5O4. The number of carbonyl (C=O) groups excluding carboxylic acids is 2. The Morgan fingerprint density at radius 2 is 1.89 bits per heavy atom. The SMILES string of the molecule is COC(=O)c1c(C#N)ccnc1OC1CCC(C)N(C(=O)c2cccc(F)c2-c2ncccn2)C1. The quantitative estimate of drug-likeness (QED) is 0.515. The van der Waals surface area contributed by atoms with E-state index in [1.807, 2.05) is 13.0 Å². The second-order valence-electron chi connectivity index (χ2n) is 8.00. The van der Waals surface area contributed by atoms with Crippen LogP contribution in [0.1, 0.15) is 46.0 Å². The molecule has 1 aromatic carbocycles. The highest BCUT2D eigenvalue weighted by Crippen LogP contribution is 2.29. The molecule has 10 heteroatoms. The standard InChI is InChI=1S/C25H22FN5O4/c1-15-7-8-17(35-23-20(25(33)34-2)16(13-27)9-12-30-23)14-31(15)24(32)18-5-3-6-19(26)21(18)22-28-10-4-11-29-22/h3-6,9-12,15,17H,7-8,14H2,1-2H3. The van der Waals surface area contributed by atoms with Gasteiger partial charge in [0.1, 0.15) is 23.6 Å². The Bertz CT molecular complexity index is 1290. The number of likely N-dealkylation sites (tertiary alicyclic amines) is 1. The molecule has 1 saturated heterocycles. The van der Waals surface area contributed by atoms with Gasteiger partial charge in [0.25, 0.3) is 5.91 Å². The number of amides is 1. The molecule has 9 nitrogen and oxygen atoms in total. The van der Waals surface area contributed by atoms with Gasteiger partial charge in [-0.25, -0.2) is 24.1 Å². The van der Waals surface area contributed by atoms with Gasteiger partial charge in [0.15, 0.2) is 5.82 Å². The molecule has 0 radical (unpaired) electrons. The van der Waals surface area contributed by atoms with Gasteiger partial charge in [0, 0.05) is 24.6 Å². The first-order valence-electron chi connectivity index (χ1n) is 11.0. The average Bonchev–Trinajstić information content (AvgIpc) is 2.89. The molecule has 2 atom stereocenters. The second-order valence-corrected chi connectivity index (χ2v) is 8.00. The molecule has 3 aromatic rings. The van der Waals surface area contributed by atoms with Gasteiger partial charge in [0.05, 0.1) is 30.3 Å². The number of benzene rings is 1. The number of hydrogen-bond acceptors (Lipinski definition) is 8. The summed E-state index contributed by atoms with van der Waals surface area (Å²) < 4.78 is 25.6. The van der Waals surface area contributed by atoms with Crippen molar-refractivity contribution < 1.29 is 23.5 Å². The van der Waals surface area contributed by atoms with Crippen molar-refractivity contribution in [2.24, 2.45) is 0 Å². The Hall–Kier alpha value is -4.39. The fourth-order valence-corrected chi connectivity index (χ4v) is 4.05. The van der Waals surface area contributed by atoms with E-state index in [0.29, 0.717) is 12.8 Å². The third-order valence-electron chi connectivity index (χ3n) is 5.84. The molecule has 0 saturated carbocycles. The van der Waals surface area contributed by atoms with Crippen LogP contribution in [-0.4, -0.2) is 57.5 Å². The summed E-state index contributed by atoms with van der Waals surface area (Å²) in [5.41, 5.74) is 0.183. The summed E-state index contributed by atoms with van der Waals surface area (Å²) in [6.45, 7) is 2.07. The van der Waals surface area contributed by atoms with Gasteiger partial charge in [-0.3, -0.25) is 4.79 Å². The molecule has 0 aliphatic carbocycles.